The first-order chi connectivity index (χ1) is 17.5. The molecule has 1 saturated carbocycles. The Hall–Kier alpha value is -3.98. The van der Waals surface area contributed by atoms with Gasteiger partial charge in [0.2, 0.25) is 5.91 Å². The maximum Gasteiger partial charge on any atom is 0.237 e. The first-order valence-electron chi connectivity index (χ1n) is 12.4. The van der Waals surface area contributed by atoms with Crippen LogP contribution in [0.1, 0.15) is 45.1 Å². The zero-order chi connectivity index (χ0) is 25.1. The largest absolute Gasteiger partial charge is 0.457 e. The number of benzene rings is 2. The molecule has 1 aliphatic carbocycles. The van der Waals surface area contributed by atoms with Crippen LogP contribution in [-0.4, -0.2) is 37.7 Å². The summed E-state index contributed by atoms with van der Waals surface area (Å²) < 4.78 is 7.91. The van der Waals surface area contributed by atoms with Crippen molar-refractivity contribution in [1.82, 2.24) is 25.1 Å². The van der Waals surface area contributed by atoms with Crippen molar-refractivity contribution in [2.75, 3.05) is 5.73 Å². The zero-order valence-electron chi connectivity index (χ0n) is 20.3. The van der Waals surface area contributed by atoms with Gasteiger partial charge in [-0.05, 0) is 68.5 Å². The number of carbonyl (C=O) groups is 1. The Morgan fingerprint density at radius 2 is 1.75 bits per heavy atom. The molecule has 0 aliphatic heterocycles. The lowest BCUT2D eigenvalue weighted by Gasteiger charge is -2.30. The van der Waals surface area contributed by atoms with E-state index in [1.807, 2.05) is 66.2 Å². The number of carbonyl (C=O) groups excluding carboxylic acids is 1. The van der Waals surface area contributed by atoms with E-state index >= 15 is 0 Å². The molecule has 5 rings (SSSR count). The van der Waals surface area contributed by atoms with Crippen LogP contribution < -0.4 is 21.5 Å². The van der Waals surface area contributed by atoms with E-state index in [2.05, 4.69) is 15.3 Å². The highest BCUT2D eigenvalue weighted by atomic mass is 16.5. The minimum Gasteiger partial charge on any atom is -0.457 e. The quantitative estimate of drug-likeness (QED) is 0.357. The SMILES string of the molecule is CC[C@@H](N)C(=O)NC1CCC(n2nc(-c3ccc(Oc4ccccc4)cc3)c3c(N)ncnc32)CC1. The summed E-state index contributed by atoms with van der Waals surface area (Å²) in [5.41, 5.74) is 14.6. The predicted molar refractivity (Wildman–Crippen MR) is 139 cm³/mol. The number of anilines is 1. The van der Waals surface area contributed by atoms with E-state index in [0.29, 0.717) is 12.2 Å². The van der Waals surface area contributed by atoms with Gasteiger partial charge in [0.25, 0.3) is 0 Å². The van der Waals surface area contributed by atoms with Crippen LogP contribution >= 0.6 is 0 Å². The maximum absolute atomic E-state index is 12.2. The number of amides is 1. The highest BCUT2D eigenvalue weighted by Gasteiger charge is 2.28. The van der Waals surface area contributed by atoms with Crippen molar-refractivity contribution in [3.05, 3.63) is 60.9 Å². The van der Waals surface area contributed by atoms with Crippen LogP contribution in [0.25, 0.3) is 22.3 Å². The van der Waals surface area contributed by atoms with Crippen LogP contribution in [0.15, 0.2) is 60.9 Å². The summed E-state index contributed by atoms with van der Waals surface area (Å²) in [6, 6.07) is 17.3. The molecule has 186 valence electrons. The van der Waals surface area contributed by atoms with Crippen LogP contribution in [0.2, 0.25) is 0 Å². The van der Waals surface area contributed by atoms with Gasteiger partial charge in [0.05, 0.1) is 17.5 Å². The second-order valence-corrected chi connectivity index (χ2v) is 9.22. The van der Waals surface area contributed by atoms with E-state index in [4.69, 9.17) is 21.3 Å². The van der Waals surface area contributed by atoms with Crippen LogP contribution in [0.3, 0.4) is 0 Å². The van der Waals surface area contributed by atoms with Gasteiger partial charge in [-0.15, -0.1) is 0 Å². The first kappa shape index (κ1) is 23.7. The summed E-state index contributed by atoms with van der Waals surface area (Å²) in [5, 5.41) is 8.81. The van der Waals surface area contributed by atoms with Gasteiger partial charge in [-0.1, -0.05) is 25.1 Å². The Balaban J connectivity index is 1.37. The minimum atomic E-state index is -0.454. The van der Waals surface area contributed by atoms with Crippen molar-refractivity contribution in [2.24, 2.45) is 5.73 Å². The van der Waals surface area contributed by atoms with E-state index < -0.39 is 6.04 Å². The van der Waals surface area contributed by atoms with Crippen LogP contribution in [-0.2, 0) is 4.79 Å². The number of para-hydroxylation sites is 1. The second-order valence-electron chi connectivity index (χ2n) is 9.22. The Labute approximate surface area is 209 Å². The molecular formula is C27H31N7O2. The highest BCUT2D eigenvalue weighted by molar-refractivity contribution is 5.98. The van der Waals surface area contributed by atoms with Crippen molar-refractivity contribution in [3.8, 4) is 22.8 Å². The summed E-state index contributed by atoms with van der Waals surface area (Å²) in [6.45, 7) is 1.92. The van der Waals surface area contributed by atoms with Crippen molar-refractivity contribution >= 4 is 22.8 Å². The molecule has 4 aromatic rings. The van der Waals surface area contributed by atoms with Gasteiger partial charge in [0.15, 0.2) is 5.65 Å². The number of nitrogens with two attached hydrogens (primary N) is 2. The fraction of sp³-hybridized carbons (Fsp3) is 0.333. The number of nitrogens with one attached hydrogen (secondary N) is 1. The minimum absolute atomic E-state index is 0.0759. The lowest BCUT2D eigenvalue weighted by Crippen LogP contribution is -2.46. The topological polar surface area (TPSA) is 134 Å². The number of rotatable bonds is 7. The normalized spacial score (nSPS) is 18.6. The van der Waals surface area contributed by atoms with Gasteiger partial charge >= 0.3 is 0 Å². The van der Waals surface area contributed by atoms with Crippen LogP contribution in [0, 0.1) is 0 Å². The molecular weight excluding hydrogens is 454 g/mol. The van der Waals surface area contributed by atoms with Gasteiger partial charge in [-0.3, -0.25) is 4.79 Å². The molecule has 9 nitrogen and oxygen atoms in total. The highest BCUT2D eigenvalue weighted by Crippen LogP contribution is 2.36. The summed E-state index contributed by atoms with van der Waals surface area (Å²) in [5.74, 6) is 1.84. The predicted octanol–water partition coefficient (Wildman–Crippen LogP) is 4.21. The Morgan fingerprint density at radius 1 is 1.06 bits per heavy atom. The summed E-state index contributed by atoms with van der Waals surface area (Å²) >= 11 is 0. The van der Waals surface area contributed by atoms with Crippen molar-refractivity contribution in [3.63, 3.8) is 0 Å². The average Bonchev–Trinajstić information content (AvgIpc) is 3.30. The standard InChI is InChI=1S/C27H31N7O2/c1-2-22(28)27(35)32-18-10-12-19(13-11-18)34-26-23(25(29)30-16-31-26)24(33-34)17-8-14-21(15-9-17)36-20-6-4-3-5-7-20/h3-9,14-16,18-19,22H,2,10-13,28H2,1H3,(H,32,35)(H2,29,30,31)/t18?,19?,22-/m1/s1. The monoisotopic (exact) mass is 485 g/mol. The van der Waals surface area contributed by atoms with E-state index in [1.54, 1.807) is 0 Å². The molecule has 2 aromatic carbocycles. The number of nitrogens with zero attached hydrogens (tertiary/aromatic N) is 4. The molecule has 2 aromatic heterocycles. The van der Waals surface area contributed by atoms with E-state index in [1.165, 1.54) is 6.33 Å². The Bertz CT molecular complexity index is 1330. The van der Waals surface area contributed by atoms with Gasteiger partial charge < -0.3 is 21.5 Å². The third-order valence-electron chi connectivity index (χ3n) is 6.79. The molecule has 36 heavy (non-hydrogen) atoms. The number of hydrogen-bond acceptors (Lipinski definition) is 7. The van der Waals surface area contributed by atoms with Gasteiger partial charge in [-0.25, -0.2) is 14.6 Å². The second kappa shape index (κ2) is 10.3. The lowest BCUT2D eigenvalue weighted by atomic mass is 9.91. The summed E-state index contributed by atoms with van der Waals surface area (Å²) in [4.78, 5) is 21.0. The summed E-state index contributed by atoms with van der Waals surface area (Å²) in [6.07, 6.45) is 5.57. The van der Waals surface area contributed by atoms with Gasteiger partial charge in [0.1, 0.15) is 29.3 Å². The average molecular weight is 486 g/mol. The molecule has 1 fully saturated rings. The maximum atomic E-state index is 12.2. The van der Waals surface area contributed by atoms with Crippen LogP contribution in [0.4, 0.5) is 5.82 Å². The molecule has 0 unspecified atom stereocenters. The zero-order valence-corrected chi connectivity index (χ0v) is 20.3. The molecule has 9 heteroatoms. The molecule has 1 aliphatic rings. The number of hydrogen-bond donors (Lipinski definition) is 3. The van der Waals surface area contributed by atoms with E-state index in [9.17, 15) is 4.79 Å². The molecule has 0 spiro atoms. The molecule has 1 atom stereocenters. The third kappa shape index (κ3) is 4.87. The number of aromatic nitrogens is 4. The lowest BCUT2D eigenvalue weighted by molar-refractivity contribution is -0.123. The van der Waals surface area contributed by atoms with Gasteiger partial charge in [0, 0.05) is 11.6 Å². The number of nitrogen functional groups attached to an aromatic ring is 1. The van der Waals surface area contributed by atoms with Crippen LogP contribution in [0.5, 0.6) is 11.5 Å². The summed E-state index contributed by atoms with van der Waals surface area (Å²) in [7, 11) is 0. The fourth-order valence-corrected chi connectivity index (χ4v) is 4.72. The molecule has 1 amide bonds. The third-order valence-corrected chi connectivity index (χ3v) is 6.79. The molecule has 5 N–H and O–H groups in total. The van der Waals surface area contributed by atoms with E-state index in [0.717, 1.165) is 59.5 Å². The molecule has 0 radical (unpaired) electrons. The number of ether oxygens (including phenoxy) is 1. The fourth-order valence-electron chi connectivity index (χ4n) is 4.72. The molecule has 0 saturated heterocycles. The smallest absolute Gasteiger partial charge is 0.237 e. The first-order valence-corrected chi connectivity index (χ1v) is 12.4. The van der Waals surface area contributed by atoms with Gasteiger partial charge in [-0.2, -0.15) is 5.10 Å². The van der Waals surface area contributed by atoms with Crippen molar-refractivity contribution in [2.45, 2.75) is 57.2 Å². The Morgan fingerprint density at radius 3 is 2.44 bits per heavy atom. The van der Waals surface area contributed by atoms with Crippen molar-refractivity contribution in [1.29, 1.82) is 0 Å². The molecule has 2 heterocycles. The van der Waals surface area contributed by atoms with E-state index in [-0.39, 0.29) is 18.0 Å². The Kier molecular flexibility index (Phi) is 6.81. The molecule has 0 bridgehead atoms. The van der Waals surface area contributed by atoms with Crippen molar-refractivity contribution < 1.29 is 9.53 Å². The number of fused-ring (bicyclic) bond motifs is 1.